The molecule has 0 radical (unpaired) electrons. The predicted molar refractivity (Wildman–Crippen MR) is 72.4 cm³/mol. The molecule has 2 N–H and O–H groups in total. The van der Waals surface area contributed by atoms with Crippen LogP contribution in [0, 0.1) is 5.92 Å². The average Bonchev–Trinajstić information content (AvgIpc) is 2.38. The van der Waals surface area contributed by atoms with Gasteiger partial charge in [-0.2, -0.15) is 8.78 Å². The number of nitrogens with two attached hydrogens (primary N) is 1. The molecule has 1 aromatic carbocycles. The van der Waals surface area contributed by atoms with E-state index in [1.807, 2.05) is 0 Å². The van der Waals surface area contributed by atoms with Crippen molar-refractivity contribution in [2.75, 3.05) is 7.05 Å². The minimum atomic E-state index is -2.84. The van der Waals surface area contributed by atoms with Crippen LogP contribution in [0.5, 0.6) is 5.75 Å². The monoisotopic (exact) mass is 286 g/mol. The molecule has 6 heteroatoms. The Kier molecular flexibility index (Phi) is 5.88. The lowest BCUT2D eigenvalue weighted by Gasteiger charge is -2.23. The number of carbonyl (C=O) groups is 1. The van der Waals surface area contributed by atoms with E-state index in [9.17, 15) is 13.6 Å². The van der Waals surface area contributed by atoms with E-state index in [4.69, 9.17) is 5.73 Å². The Hall–Kier alpha value is -1.69. The smallest absolute Gasteiger partial charge is 0.387 e. The molecular weight excluding hydrogens is 266 g/mol. The van der Waals surface area contributed by atoms with Crippen molar-refractivity contribution in [1.82, 2.24) is 4.90 Å². The number of hydrogen-bond donors (Lipinski definition) is 1. The van der Waals surface area contributed by atoms with Crippen molar-refractivity contribution in [2.24, 2.45) is 11.7 Å². The zero-order valence-electron chi connectivity index (χ0n) is 11.8. The predicted octanol–water partition coefficient (Wildman–Crippen LogP) is 2.23. The van der Waals surface area contributed by atoms with E-state index in [1.165, 1.54) is 12.1 Å². The number of rotatable bonds is 6. The standard InChI is InChI=1S/C14H20F2N2O2/c1-9(10(2)17)13(19)18(3)8-11-4-6-12(7-5-11)20-14(15)16/h4-7,9-10,14H,8,17H2,1-3H3. The van der Waals surface area contributed by atoms with E-state index in [0.717, 1.165) is 5.56 Å². The minimum Gasteiger partial charge on any atom is -0.435 e. The zero-order chi connectivity index (χ0) is 15.3. The summed E-state index contributed by atoms with van der Waals surface area (Å²) in [6, 6.07) is 5.99. The molecule has 0 heterocycles. The molecule has 0 saturated heterocycles. The van der Waals surface area contributed by atoms with Crippen LogP contribution in [0.1, 0.15) is 19.4 Å². The maximum Gasteiger partial charge on any atom is 0.387 e. The first kappa shape index (κ1) is 16.4. The number of amides is 1. The molecule has 4 nitrogen and oxygen atoms in total. The number of alkyl halides is 2. The summed E-state index contributed by atoms with van der Waals surface area (Å²) >= 11 is 0. The van der Waals surface area contributed by atoms with Crippen LogP contribution in [0.15, 0.2) is 24.3 Å². The van der Waals surface area contributed by atoms with Crippen LogP contribution in [-0.2, 0) is 11.3 Å². The summed E-state index contributed by atoms with van der Waals surface area (Å²) < 4.78 is 28.3. The Morgan fingerprint density at radius 3 is 2.30 bits per heavy atom. The van der Waals surface area contributed by atoms with Crippen molar-refractivity contribution in [3.05, 3.63) is 29.8 Å². The fraction of sp³-hybridized carbons (Fsp3) is 0.500. The highest BCUT2D eigenvalue weighted by molar-refractivity contribution is 5.78. The summed E-state index contributed by atoms with van der Waals surface area (Å²) in [6.45, 7) is 1.12. The summed E-state index contributed by atoms with van der Waals surface area (Å²) in [6.07, 6.45) is 0. The third-order valence-corrected chi connectivity index (χ3v) is 3.12. The van der Waals surface area contributed by atoms with E-state index in [0.29, 0.717) is 6.54 Å². The largest absolute Gasteiger partial charge is 0.435 e. The highest BCUT2D eigenvalue weighted by Gasteiger charge is 2.20. The van der Waals surface area contributed by atoms with E-state index >= 15 is 0 Å². The molecule has 1 aromatic rings. The molecule has 0 bridgehead atoms. The van der Waals surface area contributed by atoms with Crippen LogP contribution in [-0.4, -0.2) is 30.5 Å². The molecular formula is C14H20F2N2O2. The molecule has 0 fully saturated rings. The Labute approximate surface area is 117 Å². The summed E-state index contributed by atoms with van der Waals surface area (Å²) in [5, 5.41) is 0. The fourth-order valence-electron chi connectivity index (χ4n) is 1.70. The second-order valence-corrected chi connectivity index (χ2v) is 4.86. The van der Waals surface area contributed by atoms with Gasteiger partial charge in [-0.3, -0.25) is 4.79 Å². The van der Waals surface area contributed by atoms with Gasteiger partial charge in [-0.15, -0.1) is 0 Å². The van der Waals surface area contributed by atoms with Gasteiger partial charge >= 0.3 is 6.61 Å². The Bertz CT molecular complexity index is 435. The maximum absolute atomic E-state index is 12.0. The van der Waals surface area contributed by atoms with E-state index in [1.54, 1.807) is 37.9 Å². The molecule has 0 aromatic heterocycles. The SMILES string of the molecule is CC(N)C(C)C(=O)N(C)Cc1ccc(OC(F)F)cc1. The van der Waals surface area contributed by atoms with Gasteiger partial charge in [0.15, 0.2) is 0 Å². The van der Waals surface area contributed by atoms with Crippen molar-refractivity contribution >= 4 is 5.91 Å². The van der Waals surface area contributed by atoms with Crippen LogP contribution in [0.3, 0.4) is 0 Å². The number of benzene rings is 1. The first-order chi connectivity index (χ1) is 9.31. The lowest BCUT2D eigenvalue weighted by Crippen LogP contribution is -2.39. The van der Waals surface area contributed by atoms with Gasteiger partial charge in [0.05, 0.1) is 5.92 Å². The molecule has 0 aliphatic heterocycles. The van der Waals surface area contributed by atoms with Crippen LogP contribution in [0.2, 0.25) is 0 Å². The van der Waals surface area contributed by atoms with Gasteiger partial charge in [-0.05, 0) is 24.6 Å². The van der Waals surface area contributed by atoms with Gasteiger partial charge in [-0.1, -0.05) is 19.1 Å². The molecule has 20 heavy (non-hydrogen) atoms. The van der Waals surface area contributed by atoms with Crippen molar-refractivity contribution in [2.45, 2.75) is 33.0 Å². The summed E-state index contributed by atoms with van der Waals surface area (Å²) in [5.41, 5.74) is 6.53. The lowest BCUT2D eigenvalue weighted by molar-refractivity contribution is -0.134. The van der Waals surface area contributed by atoms with E-state index in [-0.39, 0.29) is 23.6 Å². The van der Waals surface area contributed by atoms with Gasteiger partial charge in [-0.25, -0.2) is 0 Å². The molecule has 2 unspecified atom stereocenters. The molecule has 0 spiro atoms. The Morgan fingerprint density at radius 2 is 1.85 bits per heavy atom. The van der Waals surface area contributed by atoms with Crippen molar-refractivity contribution in [3.63, 3.8) is 0 Å². The molecule has 0 aliphatic rings. The van der Waals surface area contributed by atoms with Gasteiger partial charge < -0.3 is 15.4 Å². The highest BCUT2D eigenvalue weighted by Crippen LogP contribution is 2.16. The average molecular weight is 286 g/mol. The van der Waals surface area contributed by atoms with E-state index < -0.39 is 6.61 Å². The second-order valence-electron chi connectivity index (χ2n) is 4.86. The van der Waals surface area contributed by atoms with Crippen LogP contribution in [0.25, 0.3) is 0 Å². The minimum absolute atomic E-state index is 0.0482. The number of ether oxygens (including phenoxy) is 1. The first-order valence-electron chi connectivity index (χ1n) is 6.35. The van der Waals surface area contributed by atoms with Crippen molar-refractivity contribution < 1.29 is 18.3 Å². The third-order valence-electron chi connectivity index (χ3n) is 3.12. The molecule has 1 amide bonds. The summed E-state index contributed by atoms with van der Waals surface area (Å²) in [7, 11) is 1.69. The Balaban J connectivity index is 2.62. The number of halogens is 2. The van der Waals surface area contributed by atoms with Gasteiger partial charge in [0.1, 0.15) is 5.75 Å². The lowest BCUT2D eigenvalue weighted by atomic mass is 10.0. The molecule has 2 atom stereocenters. The molecule has 1 rings (SSSR count). The topological polar surface area (TPSA) is 55.6 Å². The highest BCUT2D eigenvalue weighted by atomic mass is 19.3. The van der Waals surface area contributed by atoms with Gasteiger partial charge in [0.25, 0.3) is 0 Å². The number of nitrogens with zero attached hydrogens (tertiary/aromatic N) is 1. The Morgan fingerprint density at radius 1 is 1.30 bits per heavy atom. The van der Waals surface area contributed by atoms with Crippen molar-refractivity contribution in [1.29, 1.82) is 0 Å². The van der Waals surface area contributed by atoms with Crippen molar-refractivity contribution in [3.8, 4) is 5.75 Å². The zero-order valence-corrected chi connectivity index (χ0v) is 11.8. The van der Waals surface area contributed by atoms with E-state index in [2.05, 4.69) is 4.74 Å². The maximum atomic E-state index is 12.0. The van der Waals surface area contributed by atoms with Gasteiger partial charge in [0.2, 0.25) is 5.91 Å². The van der Waals surface area contributed by atoms with Gasteiger partial charge in [0, 0.05) is 19.6 Å². The fourth-order valence-corrected chi connectivity index (χ4v) is 1.70. The third kappa shape index (κ3) is 4.77. The van der Waals surface area contributed by atoms with Crippen LogP contribution in [0.4, 0.5) is 8.78 Å². The summed E-state index contributed by atoms with van der Waals surface area (Å²) in [4.78, 5) is 13.6. The molecule has 0 saturated carbocycles. The quantitative estimate of drug-likeness (QED) is 0.872. The number of hydrogen-bond acceptors (Lipinski definition) is 3. The van der Waals surface area contributed by atoms with Crippen LogP contribution < -0.4 is 10.5 Å². The summed E-state index contributed by atoms with van der Waals surface area (Å²) in [5.74, 6) is -0.212. The number of carbonyl (C=O) groups excluding carboxylic acids is 1. The molecule has 0 aliphatic carbocycles. The van der Waals surface area contributed by atoms with Crippen LogP contribution >= 0.6 is 0 Å². The normalized spacial score (nSPS) is 13.9. The molecule has 112 valence electrons. The first-order valence-corrected chi connectivity index (χ1v) is 6.35. The second kappa shape index (κ2) is 7.19.